The van der Waals surface area contributed by atoms with Gasteiger partial charge in [-0.3, -0.25) is 0 Å². The summed E-state index contributed by atoms with van der Waals surface area (Å²) in [6.45, 7) is 0.916. The Morgan fingerprint density at radius 3 is 2.90 bits per heavy atom. The van der Waals surface area contributed by atoms with Gasteiger partial charge in [-0.1, -0.05) is 0 Å². The summed E-state index contributed by atoms with van der Waals surface area (Å²) in [4.78, 5) is 11.9. The summed E-state index contributed by atoms with van der Waals surface area (Å²) in [5, 5.41) is 0. The number of likely N-dealkylation sites (tertiary alicyclic amines) is 1. The minimum absolute atomic E-state index is 0.155. The number of rotatable bonds is 2. The predicted octanol–water partition coefficient (Wildman–Crippen LogP) is 0.618. The summed E-state index contributed by atoms with van der Waals surface area (Å²) in [5.74, 6) is 0. The van der Waals surface area contributed by atoms with E-state index in [2.05, 4.69) is 0 Å². The lowest BCUT2D eigenvalue weighted by molar-refractivity contribution is -0.113. The molecule has 2 nitrogen and oxygen atoms in total. The zero-order chi connectivity index (χ0) is 7.56. The first kappa shape index (κ1) is 7.66. The predicted molar refractivity (Wildman–Crippen MR) is 36.6 cm³/mol. The van der Waals surface area contributed by atoms with Crippen LogP contribution in [0.4, 0.5) is 4.39 Å². The van der Waals surface area contributed by atoms with Gasteiger partial charge in [-0.2, -0.15) is 0 Å². The number of alkyl halides is 1. The van der Waals surface area contributed by atoms with Crippen LogP contribution in [0, 0.1) is 0 Å². The van der Waals surface area contributed by atoms with Crippen LogP contribution in [-0.4, -0.2) is 37.0 Å². The van der Waals surface area contributed by atoms with Gasteiger partial charge in [0.2, 0.25) is 0 Å². The van der Waals surface area contributed by atoms with Gasteiger partial charge < -0.3 is 9.69 Å². The molecule has 3 heteroatoms. The molecular weight excluding hydrogens is 133 g/mol. The second-order valence-corrected chi connectivity index (χ2v) is 2.77. The maximum atomic E-state index is 12.7. The van der Waals surface area contributed by atoms with E-state index in [1.54, 1.807) is 0 Å². The highest BCUT2D eigenvalue weighted by molar-refractivity contribution is 5.57. The lowest BCUT2D eigenvalue weighted by Gasteiger charge is -2.18. The summed E-state index contributed by atoms with van der Waals surface area (Å²) in [6.07, 6.45) is 0.936. The number of carbonyl (C=O) groups is 1. The second kappa shape index (κ2) is 3.10. The van der Waals surface area contributed by atoms with Gasteiger partial charge in [-0.15, -0.1) is 0 Å². The summed E-state index contributed by atoms with van der Waals surface area (Å²) in [7, 11) is 1.85. The molecule has 1 fully saturated rings. The Balaban J connectivity index is 2.46. The normalized spacial score (nSPS) is 30.4. The minimum Gasteiger partial charge on any atom is -0.300 e. The standard InChI is InChI=1S/C7H12FNO/c1-9-4-2-3-7(9)6(8)5-10/h5-7H,2-4H2,1H3. The molecular formula is C7H12FNO. The van der Waals surface area contributed by atoms with E-state index in [4.69, 9.17) is 0 Å². The summed E-state index contributed by atoms with van der Waals surface area (Å²) in [5.41, 5.74) is 0. The van der Waals surface area contributed by atoms with Crippen molar-refractivity contribution in [2.45, 2.75) is 25.1 Å². The zero-order valence-electron chi connectivity index (χ0n) is 6.09. The van der Waals surface area contributed by atoms with Crippen LogP contribution in [0.1, 0.15) is 12.8 Å². The quantitative estimate of drug-likeness (QED) is 0.531. The average molecular weight is 145 g/mol. The molecule has 10 heavy (non-hydrogen) atoms. The third-order valence-electron chi connectivity index (χ3n) is 2.07. The zero-order valence-corrected chi connectivity index (χ0v) is 6.09. The molecule has 0 aromatic heterocycles. The average Bonchev–Trinajstić information content (AvgIpc) is 2.34. The Morgan fingerprint density at radius 2 is 2.50 bits per heavy atom. The number of carbonyl (C=O) groups excluding carboxylic acids is 1. The van der Waals surface area contributed by atoms with E-state index in [-0.39, 0.29) is 6.04 Å². The monoisotopic (exact) mass is 145 g/mol. The van der Waals surface area contributed by atoms with Crippen LogP contribution in [0.3, 0.4) is 0 Å². The fourth-order valence-corrected chi connectivity index (χ4v) is 1.43. The largest absolute Gasteiger partial charge is 0.300 e. The van der Waals surface area contributed by atoms with Crippen LogP contribution < -0.4 is 0 Å². The van der Waals surface area contributed by atoms with E-state index < -0.39 is 6.17 Å². The van der Waals surface area contributed by atoms with Crippen LogP contribution in [0.15, 0.2) is 0 Å². The Morgan fingerprint density at radius 1 is 1.80 bits per heavy atom. The molecule has 0 N–H and O–H groups in total. The summed E-state index contributed by atoms with van der Waals surface area (Å²) >= 11 is 0. The van der Waals surface area contributed by atoms with E-state index in [9.17, 15) is 9.18 Å². The van der Waals surface area contributed by atoms with E-state index in [1.165, 1.54) is 0 Å². The van der Waals surface area contributed by atoms with Crippen molar-refractivity contribution < 1.29 is 9.18 Å². The molecule has 0 aromatic carbocycles. The van der Waals surface area contributed by atoms with Gasteiger partial charge in [0.1, 0.15) is 0 Å². The van der Waals surface area contributed by atoms with E-state index in [0.29, 0.717) is 6.29 Å². The number of hydrogen-bond donors (Lipinski definition) is 0. The molecule has 1 aliphatic rings. The van der Waals surface area contributed by atoms with E-state index in [0.717, 1.165) is 19.4 Å². The van der Waals surface area contributed by atoms with Gasteiger partial charge >= 0.3 is 0 Å². The smallest absolute Gasteiger partial charge is 0.170 e. The molecule has 0 aromatic rings. The molecule has 1 rings (SSSR count). The lowest BCUT2D eigenvalue weighted by Crippen LogP contribution is -2.34. The number of hydrogen-bond acceptors (Lipinski definition) is 2. The van der Waals surface area contributed by atoms with Crippen molar-refractivity contribution in [2.75, 3.05) is 13.6 Å². The van der Waals surface area contributed by atoms with Gasteiger partial charge in [0.05, 0.1) is 0 Å². The molecule has 0 bridgehead atoms. The van der Waals surface area contributed by atoms with Crippen LogP contribution >= 0.6 is 0 Å². The summed E-state index contributed by atoms with van der Waals surface area (Å²) in [6, 6.07) is -0.155. The maximum absolute atomic E-state index is 12.7. The van der Waals surface area contributed by atoms with Crippen LogP contribution in [0.5, 0.6) is 0 Å². The third kappa shape index (κ3) is 1.34. The molecule has 1 aliphatic heterocycles. The Bertz CT molecular complexity index is 129. The SMILES string of the molecule is CN1CCCC1C(F)C=O. The summed E-state index contributed by atoms with van der Waals surface area (Å²) < 4.78 is 12.7. The molecule has 2 atom stereocenters. The molecule has 0 amide bonds. The molecule has 0 spiro atoms. The fraction of sp³-hybridized carbons (Fsp3) is 0.857. The fourth-order valence-electron chi connectivity index (χ4n) is 1.43. The van der Waals surface area contributed by atoms with Crippen LogP contribution in [0.25, 0.3) is 0 Å². The van der Waals surface area contributed by atoms with Crippen molar-refractivity contribution in [3.8, 4) is 0 Å². The highest BCUT2D eigenvalue weighted by Crippen LogP contribution is 2.18. The number of nitrogens with zero attached hydrogens (tertiary/aromatic N) is 1. The molecule has 0 radical (unpaired) electrons. The van der Waals surface area contributed by atoms with Gasteiger partial charge in [-0.25, -0.2) is 4.39 Å². The van der Waals surface area contributed by atoms with E-state index >= 15 is 0 Å². The molecule has 1 heterocycles. The number of aldehydes is 1. The van der Waals surface area contributed by atoms with Crippen LogP contribution in [0.2, 0.25) is 0 Å². The number of halogens is 1. The van der Waals surface area contributed by atoms with Gasteiger partial charge in [-0.05, 0) is 26.4 Å². The minimum atomic E-state index is -1.28. The van der Waals surface area contributed by atoms with Crippen LogP contribution in [-0.2, 0) is 4.79 Å². The molecule has 2 unspecified atom stereocenters. The van der Waals surface area contributed by atoms with Crippen molar-refractivity contribution in [2.24, 2.45) is 0 Å². The Hall–Kier alpha value is -0.440. The Kier molecular flexibility index (Phi) is 2.38. The molecule has 1 saturated heterocycles. The first-order chi connectivity index (χ1) is 4.75. The van der Waals surface area contributed by atoms with Crippen molar-refractivity contribution in [1.82, 2.24) is 4.90 Å². The first-order valence-corrected chi connectivity index (χ1v) is 3.55. The molecule has 0 aliphatic carbocycles. The topological polar surface area (TPSA) is 20.3 Å². The van der Waals surface area contributed by atoms with Crippen molar-refractivity contribution in [1.29, 1.82) is 0 Å². The first-order valence-electron chi connectivity index (χ1n) is 3.55. The van der Waals surface area contributed by atoms with E-state index in [1.807, 2.05) is 11.9 Å². The highest BCUT2D eigenvalue weighted by Gasteiger charge is 2.28. The highest BCUT2D eigenvalue weighted by atomic mass is 19.1. The Labute approximate surface area is 60.0 Å². The van der Waals surface area contributed by atoms with Gasteiger partial charge in [0, 0.05) is 6.04 Å². The third-order valence-corrected chi connectivity index (χ3v) is 2.07. The molecule has 58 valence electrons. The van der Waals surface area contributed by atoms with Crippen molar-refractivity contribution in [3.63, 3.8) is 0 Å². The maximum Gasteiger partial charge on any atom is 0.170 e. The van der Waals surface area contributed by atoms with Gasteiger partial charge in [0.25, 0.3) is 0 Å². The van der Waals surface area contributed by atoms with Gasteiger partial charge in [0.15, 0.2) is 12.5 Å². The van der Waals surface area contributed by atoms with Crippen molar-refractivity contribution >= 4 is 6.29 Å². The lowest BCUT2D eigenvalue weighted by atomic mass is 10.1. The van der Waals surface area contributed by atoms with Crippen molar-refractivity contribution in [3.05, 3.63) is 0 Å². The molecule has 0 saturated carbocycles. The second-order valence-electron chi connectivity index (χ2n) is 2.77.